The van der Waals surface area contributed by atoms with Crippen molar-refractivity contribution in [3.63, 3.8) is 0 Å². The highest BCUT2D eigenvalue weighted by molar-refractivity contribution is 7.89. The molecule has 1 N–H and O–H groups in total. The molecule has 0 amide bonds. The van der Waals surface area contributed by atoms with Crippen molar-refractivity contribution in [1.82, 2.24) is 14.6 Å². The summed E-state index contributed by atoms with van der Waals surface area (Å²) < 4.78 is 38.2. The first-order valence-electron chi connectivity index (χ1n) is 9.95. The molecule has 3 aromatic rings. The first kappa shape index (κ1) is 20.7. The number of fused-ring (bicyclic) bond motifs is 2. The van der Waals surface area contributed by atoms with Gasteiger partial charge >= 0.3 is 0 Å². The number of ether oxygens (including phenoxy) is 1. The molecule has 0 radical (unpaired) electrons. The number of aliphatic hydroxyl groups excluding tert-OH is 1. The molecule has 31 heavy (non-hydrogen) atoms. The fourth-order valence-electron chi connectivity index (χ4n) is 4.34. The third-order valence-corrected chi connectivity index (χ3v) is 8.14. The van der Waals surface area contributed by atoms with Crippen LogP contribution in [0.25, 0.3) is 11.0 Å². The van der Waals surface area contributed by atoms with Crippen LogP contribution in [-0.4, -0.2) is 53.7 Å². The van der Waals surface area contributed by atoms with E-state index in [2.05, 4.69) is 10.3 Å². The molecule has 1 unspecified atom stereocenters. The second-order valence-electron chi connectivity index (χ2n) is 7.82. The zero-order chi connectivity index (χ0) is 21.8. The summed E-state index contributed by atoms with van der Waals surface area (Å²) in [6.45, 7) is 2.96. The van der Waals surface area contributed by atoms with Gasteiger partial charge in [-0.3, -0.25) is 0 Å². The number of halogens is 1. The average Bonchev–Trinajstić information content (AvgIpc) is 3.25. The monoisotopic (exact) mass is 464 g/mol. The molecule has 1 aromatic heterocycles. The van der Waals surface area contributed by atoms with E-state index in [0.717, 1.165) is 16.8 Å². The van der Waals surface area contributed by atoms with Crippen LogP contribution in [0.15, 0.2) is 39.9 Å². The lowest BCUT2D eigenvalue weighted by Gasteiger charge is -2.44. The van der Waals surface area contributed by atoms with E-state index in [9.17, 15) is 13.5 Å². The largest absolute Gasteiger partial charge is 0.351 e. The van der Waals surface area contributed by atoms with E-state index in [1.807, 2.05) is 30.0 Å². The number of hydrogen-bond acceptors (Lipinski definition) is 8. The number of aliphatic hydroxyl groups is 1. The highest BCUT2D eigenvalue weighted by Crippen LogP contribution is 2.35. The first-order chi connectivity index (χ1) is 14.9. The second kappa shape index (κ2) is 7.72. The van der Waals surface area contributed by atoms with E-state index in [1.165, 1.54) is 16.4 Å². The Balaban J connectivity index is 1.38. The smallest absolute Gasteiger partial charge is 0.245 e. The lowest BCUT2D eigenvalue weighted by molar-refractivity contribution is -0.121. The van der Waals surface area contributed by atoms with E-state index in [-0.39, 0.29) is 27.0 Å². The Labute approximate surface area is 184 Å². The molecule has 1 fully saturated rings. The zero-order valence-electron chi connectivity index (χ0n) is 16.7. The summed E-state index contributed by atoms with van der Waals surface area (Å²) in [5.41, 5.74) is 3.41. The van der Waals surface area contributed by atoms with Crippen molar-refractivity contribution in [3.05, 3.63) is 46.5 Å². The Morgan fingerprint density at radius 2 is 1.87 bits per heavy atom. The number of hydrogen-bond donors (Lipinski definition) is 1. The molecular weight excluding hydrogens is 444 g/mol. The highest BCUT2D eigenvalue weighted by Gasteiger charge is 2.37. The van der Waals surface area contributed by atoms with Gasteiger partial charge < -0.3 is 14.7 Å². The van der Waals surface area contributed by atoms with Crippen molar-refractivity contribution in [2.75, 3.05) is 18.0 Å². The van der Waals surface area contributed by atoms with Crippen LogP contribution in [0.4, 0.5) is 5.69 Å². The minimum atomic E-state index is -3.81. The number of sulfonamides is 1. The third kappa shape index (κ3) is 3.48. The summed E-state index contributed by atoms with van der Waals surface area (Å²) in [5, 5.41) is 18.2. The quantitative estimate of drug-likeness (QED) is 0.630. The van der Waals surface area contributed by atoms with Crippen molar-refractivity contribution in [2.24, 2.45) is 0 Å². The van der Waals surface area contributed by atoms with E-state index in [1.54, 1.807) is 0 Å². The van der Waals surface area contributed by atoms with Crippen molar-refractivity contribution in [1.29, 1.82) is 0 Å². The summed E-state index contributed by atoms with van der Waals surface area (Å²) >= 11 is 6.06. The topological polar surface area (TPSA) is 109 Å². The number of anilines is 1. The van der Waals surface area contributed by atoms with Gasteiger partial charge in [0.1, 0.15) is 4.90 Å². The van der Waals surface area contributed by atoms with Crippen LogP contribution in [0, 0.1) is 6.92 Å². The number of aryl methyl sites for hydroxylation is 1. The normalized spacial score (nSPS) is 20.9. The predicted molar refractivity (Wildman–Crippen MR) is 113 cm³/mol. The molecule has 1 saturated heterocycles. The van der Waals surface area contributed by atoms with Gasteiger partial charge in [-0.2, -0.15) is 4.31 Å². The summed E-state index contributed by atoms with van der Waals surface area (Å²) in [6, 6.07) is 8.89. The maximum atomic E-state index is 13.3. The summed E-state index contributed by atoms with van der Waals surface area (Å²) in [7, 11) is -3.81. The van der Waals surface area contributed by atoms with Crippen molar-refractivity contribution in [3.8, 4) is 0 Å². The third-order valence-electron chi connectivity index (χ3n) is 5.90. The maximum Gasteiger partial charge on any atom is 0.245 e. The van der Waals surface area contributed by atoms with Gasteiger partial charge in [0.05, 0.1) is 11.6 Å². The number of benzene rings is 2. The van der Waals surface area contributed by atoms with Gasteiger partial charge in [-0.05, 0) is 48.3 Å². The standard InChI is InChI=1S/C20H21ClN4O5S/c1-12-2-4-16-13(10-12)11-29-20(26)25(16)14-6-8-24(9-7-14)31(27,28)17-5-3-15(21)18-19(17)23-30-22-18/h2-5,10,14,20,26H,6-9,11H2,1H3. The van der Waals surface area contributed by atoms with Crippen LogP contribution in [0.3, 0.4) is 0 Å². The predicted octanol–water partition coefficient (Wildman–Crippen LogP) is 2.65. The Morgan fingerprint density at radius 1 is 1.13 bits per heavy atom. The Hall–Kier alpha value is -2.24. The highest BCUT2D eigenvalue weighted by atomic mass is 35.5. The molecule has 0 spiro atoms. The van der Waals surface area contributed by atoms with E-state index < -0.39 is 16.4 Å². The lowest BCUT2D eigenvalue weighted by atomic mass is 10.0. The van der Waals surface area contributed by atoms with Crippen LogP contribution in [0.2, 0.25) is 5.02 Å². The average molecular weight is 465 g/mol. The summed E-state index contributed by atoms with van der Waals surface area (Å²) in [4.78, 5) is 1.87. The van der Waals surface area contributed by atoms with Crippen molar-refractivity contribution < 1.29 is 22.9 Å². The van der Waals surface area contributed by atoms with E-state index in [4.69, 9.17) is 21.0 Å². The van der Waals surface area contributed by atoms with Crippen LogP contribution >= 0.6 is 11.6 Å². The van der Waals surface area contributed by atoms with Crippen LogP contribution < -0.4 is 4.90 Å². The Bertz CT molecular complexity index is 1240. The van der Waals surface area contributed by atoms with Gasteiger partial charge in [-0.25, -0.2) is 13.0 Å². The molecule has 11 heteroatoms. The SMILES string of the molecule is Cc1ccc2c(c1)COC(O)N2C1CCN(S(=O)(=O)c2ccc(Cl)c3nonc23)CC1. The van der Waals surface area contributed by atoms with Gasteiger partial charge in [-0.15, -0.1) is 0 Å². The lowest BCUT2D eigenvalue weighted by Crippen LogP contribution is -2.52. The van der Waals surface area contributed by atoms with Gasteiger partial charge in [0.25, 0.3) is 0 Å². The molecule has 5 rings (SSSR count). The van der Waals surface area contributed by atoms with Crippen LogP contribution in [0.1, 0.15) is 24.0 Å². The van der Waals surface area contributed by atoms with E-state index in [0.29, 0.717) is 32.5 Å². The molecule has 2 aromatic carbocycles. The van der Waals surface area contributed by atoms with Gasteiger partial charge in [0, 0.05) is 30.4 Å². The molecule has 0 bridgehead atoms. The molecule has 2 aliphatic heterocycles. The van der Waals surface area contributed by atoms with Crippen molar-refractivity contribution >= 4 is 38.3 Å². The molecule has 0 aliphatic carbocycles. The number of nitrogens with zero attached hydrogens (tertiary/aromatic N) is 4. The van der Waals surface area contributed by atoms with Crippen LogP contribution in [-0.2, 0) is 21.4 Å². The minimum Gasteiger partial charge on any atom is -0.351 e. The molecule has 2 aliphatic rings. The number of aromatic nitrogens is 2. The minimum absolute atomic E-state index is 0.0220. The summed E-state index contributed by atoms with van der Waals surface area (Å²) in [6.07, 6.45) is 0.0297. The zero-order valence-corrected chi connectivity index (χ0v) is 18.3. The van der Waals surface area contributed by atoms with Gasteiger partial charge in [0.15, 0.2) is 11.0 Å². The molecule has 164 valence electrons. The molecule has 9 nitrogen and oxygen atoms in total. The Morgan fingerprint density at radius 3 is 2.65 bits per heavy atom. The van der Waals surface area contributed by atoms with Gasteiger partial charge in [0.2, 0.25) is 16.4 Å². The summed E-state index contributed by atoms with van der Waals surface area (Å²) in [5.74, 6) is 0. The van der Waals surface area contributed by atoms with E-state index >= 15 is 0 Å². The first-order valence-corrected chi connectivity index (χ1v) is 11.8. The van der Waals surface area contributed by atoms with Crippen molar-refractivity contribution in [2.45, 2.75) is 43.7 Å². The number of rotatable bonds is 3. The molecule has 1 atom stereocenters. The Kier molecular flexibility index (Phi) is 5.14. The van der Waals surface area contributed by atoms with Gasteiger partial charge in [-0.1, -0.05) is 29.3 Å². The molecule has 0 saturated carbocycles. The molecule has 3 heterocycles. The fourth-order valence-corrected chi connectivity index (χ4v) is 6.12. The number of piperidine rings is 1. The fraction of sp³-hybridized carbons (Fsp3) is 0.400. The second-order valence-corrected chi connectivity index (χ2v) is 10.1. The van der Waals surface area contributed by atoms with Crippen LogP contribution in [0.5, 0.6) is 0 Å². The molecular formula is C20H21ClN4O5S. The maximum absolute atomic E-state index is 13.3.